The van der Waals surface area contributed by atoms with E-state index in [9.17, 15) is 4.79 Å². The quantitative estimate of drug-likeness (QED) is 0.418. The SMILES string of the molecule is CN1CCC2(CC1)CN(c1cc(C(=O)Cc3cc4cc(-c5cnco5)ccc4cn3)ccn1)C2. The molecule has 6 rings (SSSR count). The second kappa shape index (κ2) is 8.33. The van der Waals surface area contributed by atoms with Crippen LogP contribution in [-0.2, 0) is 6.42 Å². The maximum atomic E-state index is 13.1. The molecule has 1 aromatic carbocycles. The molecule has 0 unspecified atom stereocenters. The van der Waals surface area contributed by atoms with Crippen molar-refractivity contribution in [3.8, 4) is 11.3 Å². The van der Waals surface area contributed by atoms with E-state index in [0.717, 1.165) is 40.9 Å². The van der Waals surface area contributed by atoms with Gasteiger partial charge in [-0.2, -0.15) is 0 Å². The van der Waals surface area contributed by atoms with Crippen molar-refractivity contribution in [3.63, 3.8) is 0 Å². The van der Waals surface area contributed by atoms with Gasteiger partial charge >= 0.3 is 0 Å². The zero-order valence-electron chi connectivity index (χ0n) is 19.3. The van der Waals surface area contributed by atoms with Crippen molar-refractivity contribution in [3.05, 3.63) is 72.6 Å². The fraction of sp³-hybridized carbons (Fsp3) is 0.333. The zero-order valence-corrected chi connectivity index (χ0v) is 19.3. The van der Waals surface area contributed by atoms with E-state index in [4.69, 9.17) is 4.42 Å². The van der Waals surface area contributed by atoms with Crippen LogP contribution in [0.5, 0.6) is 0 Å². The van der Waals surface area contributed by atoms with Crippen LogP contribution in [0.15, 0.2) is 65.8 Å². The number of likely N-dealkylation sites (tertiary alicyclic amines) is 1. The Morgan fingerprint density at radius 2 is 1.88 bits per heavy atom. The predicted octanol–water partition coefficient (Wildman–Crippen LogP) is 4.24. The van der Waals surface area contributed by atoms with E-state index in [0.29, 0.717) is 16.7 Å². The van der Waals surface area contributed by atoms with Crippen LogP contribution in [0, 0.1) is 5.41 Å². The first-order chi connectivity index (χ1) is 16.6. The van der Waals surface area contributed by atoms with Crippen LogP contribution in [0.4, 0.5) is 5.82 Å². The number of hydrogen-bond donors (Lipinski definition) is 0. The number of aromatic nitrogens is 3. The van der Waals surface area contributed by atoms with Crippen molar-refractivity contribution in [1.29, 1.82) is 0 Å². The Kier molecular flexibility index (Phi) is 5.14. The number of oxazole rings is 1. The topological polar surface area (TPSA) is 75.4 Å². The molecular formula is C27H27N5O2. The Hall–Kier alpha value is -3.58. The Morgan fingerprint density at radius 1 is 1.03 bits per heavy atom. The maximum absolute atomic E-state index is 13.1. The van der Waals surface area contributed by atoms with E-state index in [1.54, 1.807) is 18.5 Å². The second-order valence-corrected chi connectivity index (χ2v) is 9.77. The van der Waals surface area contributed by atoms with Gasteiger partial charge in [-0.25, -0.2) is 9.97 Å². The minimum absolute atomic E-state index is 0.0522. The Bertz CT molecular complexity index is 1330. The van der Waals surface area contributed by atoms with Crippen molar-refractivity contribution >= 4 is 22.4 Å². The highest BCUT2D eigenvalue weighted by atomic mass is 16.3. The van der Waals surface area contributed by atoms with Crippen LogP contribution >= 0.6 is 0 Å². The van der Waals surface area contributed by atoms with Gasteiger partial charge in [0.25, 0.3) is 0 Å². The molecule has 0 radical (unpaired) electrons. The van der Waals surface area contributed by atoms with Crippen molar-refractivity contribution in [2.45, 2.75) is 19.3 Å². The summed E-state index contributed by atoms with van der Waals surface area (Å²) < 4.78 is 5.41. The van der Waals surface area contributed by atoms with Gasteiger partial charge in [-0.1, -0.05) is 12.1 Å². The number of carbonyl (C=O) groups is 1. The van der Waals surface area contributed by atoms with Crippen molar-refractivity contribution in [1.82, 2.24) is 19.9 Å². The summed E-state index contributed by atoms with van der Waals surface area (Å²) in [6.07, 6.45) is 9.42. The number of fused-ring (bicyclic) bond motifs is 1. The van der Waals surface area contributed by atoms with E-state index in [-0.39, 0.29) is 12.2 Å². The molecule has 0 bridgehead atoms. The Labute approximate surface area is 198 Å². The fourth-order valence-corrected chi connectivity index (χ4v) is 5.16. The highest BCUT2D eigenvalue weighted by Crippen LogP contribution is 2.41. The number of hydrogen-bond acceptors (Lipinski definition) is 7. The molecule has 7 nitrogen and oxygen atoms in total. The first-order valence-electron chi connectivity index (χ1n) is 11.8. The lowest BCUT2D eigenvalue weighted by atomic mass is 9.72. The van der Waals surface area contributed by atoms with Crippen LogP contribution in [0.3, 0.4) is 0 Å². The van der Waals surface area contributed by atoms with Gasteiger partial charge < -0.3 is 14.2 Å². The van der Waals surface area contributed by atoms with Crippen LogP contribution in [0.25, 0.3) is 22.1 Å². The van der Waals surface area contributed by atoms with Gasteiger partial charge in [-0.3, -0.25) is 9.78 Å². The molecule has 5 heterocycles. The third-order valence-corrected chi connectivity index (χ3v) is 7.33. The van der Waals surface area contributed by atoms with Gasteiger partial charge in [0.2, 0.25) is 0 Å². The third-order valence-electron chi connectivity index (χ3n) is 7.33. The Morgan fingerprint density at radius 3 is 2.68 bits per heavy atom. The van der Waals surface area contributed by atoms with Gasteiger partial charge in [0.1, 0.15) is 5.82 Å². The van der Waals surface area contributed by atoms with Gasteiger partial charge in [-0.15, -0.1) is 0 Å². The summed E-state index contributed by atoms with van der Waals surface area (Å²) in [5.41, 5.74) is 2.81. The largest absolute Gasteiger partial charge is 0.444 e. The van der Waals surface area contributed by atoms with E-state index in [1.165, 1.54) is 32.3 Å². The number of rotatable bonds is 5. The normalized spacial score (nSPS) is 17.7. The number of benzene rings is 1. The summed E-state index contributed by atoms with van der Waals surface area (Å²) >= 11 is 0. The monoisotopic (exact) mass is 453 g/mol. The molecule has 0 amide bonds. The average Bonchev–Trinajstić information content (AvgIpc) is 3.38. The van der Waals surface area contributed by atoms with Crippen molar-refractivity contribution in [2.24, 2.45) is 5.41 Å². The third kappa shape index (κ3) is 3.96. The first-order valence-corrected chi connectivity index (χ1v) is 11.8. The van der Waals surface area contributed by atoms with Crippen LogP contribution in [0.1, 0.15) is 28.9 Å². The first kappa shape index (κ1) is 21.0. The van der Waals surface area contributed by atoms with E-state index < -0.39 is 0 Å². The molecule has 0 aliphatic carbocycles. The lowest BCUT2D eigenvalue weighted by Crippen LogP contribution is -2.60. The fourth-order valence-electron chi connectivity index (χ4n) is 5.16. The maximum Gasteiger partial charge on any atom is 0.181 e. The zero-order chi connectivity index (χ0) is 23.1. The van der Waals surface area contributed by atoms with Crippen molar-refractivity contribution in [2.75, 3.05) is 38.1 Å². The molecule has 0 N–H and O–H groups in total. The second-order valence-electron chi connectivity index (χ2n) is 9.77. The van der Waals surface area contributed by atoms with E-state index in [1.807, 2.05) is 36.5 Å². The van der Waals surface area contributed by atoms with E-state index >= 15 is 0 Å². The van der Waals surface area contributed by atoms with Gasteiger partial charge in [0.15, 0.2) is 17.9 Å². The summed E-state index contributed by atoms with van der Waals surface area (Å²) in [7, 11) is 2.19. The van der Waals surface area contributed by atoms with Crippen LogP contribution in [0.2, 0.25) is 0 Å². The molecule has 7 heteroatoms. The minimum Gasteiger partial charge on any atom is -0.444 e. The van der Waals surface area contributed by atoms with Gasteiger partial charge in [0, 0.05) is 53.1 Å². The summed E-state index contributed by atoms with van der Waals surface area (Å²) in [5, 5.41) is 2.04. The number of pyridine rings is 2. The summed E-state index contributed by atoms with van der Waals surface area (Å²) in [4.78, 5) is 30.9. The Balaban J connectivity index is 1.16. The number of ketones is 1. The van der Waals surface area contributed by atoms with Crippen molar-refractivity contribution < 1.29 is 9.21 Å². The average molecular weight is 454 g/mol. The number of Topliss-reactive ketones (excluding diaryl/α,β-unsaturated/α-hetero) is 1. The molecule has 2 aliphatic heterocycles. The molecule has 4 aromatic rings. The standard InChI is InChI=1S/C27H27N5O2/c1-31-8-5-27(6-9-31)16-32(17-27)26-12-19(4-7-29-26)24(33)13-23-11-22-10-20(25-15-28-18-34-25)2-3-21(22)14-30-23/h2-4,7,10-12,14-15,18H,5-6,8-9,13,16-17H2,1H3. The lowest BCUT2D eigenvalue weighted by Gasteiger charge is -2.54. The van der Waals surface area contributed by atoms with Gasteiger partial charge in [0.05, 0.1) is 12.6 Å². The molecule has 0 atom stereocenters. The summed E-state index contributed by atoms with van der Waals surface area (Å²) in [6.45, 7) is 4.40. The number of piperidine rings is 1. The molecule has 172 valence electrons. The molecule has 34 heavy (non-hydrogen) atoms. The molecule has 1 spiro atoms. The van der Waals surface area contributed by atoms with Gasteiger partial charge in [-0.05, 0) is 62.6 Å². The van der Waals surface area contributed by atoms with Crippen LogP contribution < -0.4 is 4.90 Å². The molecule has 0 saturated carbocycles. The smallest absolute Gasteiger partial charge is 0.181 e. The van der Waals surface area contributed by atoms with E-state index in [2.05, 4.69) is 31.8 Å². The van der Waals surface area contributed by atoms with Crippen LogP contribution in [-0.4, -0.2) is 58.9 Å². The molecule has 2 fully saturated rings. The summed E-state index contributed by atoms with van der Waals surface area (Å²) in [5.74, 6) is 1.67. The predicted molar refractivity (Wildman–Crippen MR) is 131 cm³/mol. The lowest BCUT2D eigenvalue weighted by molar-refractivity contribution is 0.0900. The number of anilines is 1. The molecular weight excluding hydrogens is 426 g/mol. The molecule has 2 saturated heterocycles. The highest BCUT2D eigenvalue weighted by Gasteiger charge is 2.44. The highest BCUT2D eigenvalue weighted by molar-refractivity contribution is 5.98. The minimum atomic E-state index is 0.0522. The number of carbonyl (C=O) groups excluding carboxylic acids is 1. The number of nitrogens with zero attached hydrogens (tertiary/aromatic N) is 5. The molecule has 3 aromatic heterocycles. The molecule has 2 aliphatic rings. The summed E-state index contributed by atoms with van der Waals surface area (Å²) in [6, 6.07) is 11.8.